The molecule has 1 fully saturated rings. The molecule has 2 aromatic rings. The number of rotatable bonds is 5. The van der Waals surface area contributed by atoms with Crippen LogP contribution in [0.3, 0.4) is 0 Å². The molecule has 0 aliphatic carbocycles. The van der Waals surface area contributed by atoms with E-state index >= 15 is 0 Å². The lowest BCUT2D eigenvalue weighted by molar-refractivity contribution is 0.191. The highest BCUT2D eigenvalue weighted by Crippen LogP contribution is 2.31. The Hall–Kier alpha value is -2.02. The molecule has 1 heterocycles. The molecular formula is C26H35N. The molecule has 27 heavy (non-hydrogen) atoms. The lowest BCUT2D eigenvalue weighted by Gasteiger charge is -2.34. The maximum absolute atomic E-state index is 2.53. The number of hydrogen-bond acceptors (Lipinski definition) is 1. The SMILES string of the molecule is CC(=CN1CC(C)CC(C)C1)Cc1ccc(C(C)(C)c2ccccc2)cc1. The predicted octanol–water partition coefficient (Wildman–Crippen LogP) is 6.44. The van der Waals surface area contributed by atoms with E-state index in [1.807, 2.05) is 0 Å². The zero-order valence-corrected chi connectivity index (χ0v) is 17.7. The largest absolute Gasteiger partial charge is 0.377 e. The quantitative estimate of drug-likeness (QED) is 0.592. The maximum Gasteiger partial charge on any atom is 0.0198 e. The van der Waals surface area contributed by atoms with Gasteiger partial charge in [-0.25, -0.2) is 0 Å². The van der Waals surface area contributed by atoms with Gasteiger partial charge in [0.1, 0.15) is 0 Å². The van der Waals surface area contributed by atoms with Crippen molar-refractivity contribution in [3.8, 4) is 0 Å². The van der Waals surface area contributed by atoms with E-state index in [0.29, 0.717) is 0 Å². The van der Waals surface area contributed by atoms with Crippen LogP contribution in [0.15, 0.2) is 66.4 Å². The molecule has 2 aromatic carbocycles. The highest BCUT2D eigenvalue weighted by molar-refractivity contribution is 5.39. The van der Waals surface area contributed by atoms with Crippen LogP contribution in [0.25, 0.3) is 0 Å². The second-order valence-corrected chi connectivity index (χ2v) is 9.24. The van der Waals surface area contributed by atoms with Gasteiger partial charge in [0.25, 0.3) is 0 Å². The lowest BCUT2D eigenvalue weighted by Crippen LogP contribution is -2.35. The highest BCUT2D eigenvalue weighted by Gasteiger charge is 2.22. The fourth-order valence-electron chi connectivity index (χ4n) is 4.56. The second kappa shape index (κ2) is 8.33. The summed E-state index contributed by atoms with van der Waals surface area (Å²) in [5, 5.41) is 0. The van der Waals surface area contributed by atoms with Gasteiger partial charge in [-0.05, 0) is 54.5 Å². The molecule has 1 heteroatoms. The third-order valence-electron chi connectivity index (χ3n) is 5.95. The van der Waals surface area contributed by atoms with Gasteiger partial charge in [0.2, 0.25) is 0 Å². The standard InChI is InChI=1S/C26H35N/c1-20-15-21(2)18-27(17-20)19-22(3)16-23-11-13-25(14-12-23)26(4,5)24-9-7-6-8-10-24/h6-14,19-21H,15-18H2,1-5H3. The van der Waals surface area contributed by atoms with Crippen molar-refractivity contribution in [2.45, 2.75) is 52.9 Å². The Morgan fingerprint density at radius 1 is 0.926 bits per heavy atom. The van der Waals surface area contributed by atoms with Crippen LogP contribution in [0.4, 0.5) is 0 Å². The summed E-state index contributed by atoms with van der Waals surface area (Å²) in [6, 6.07) is 20.0. The van der Waals surface area contributed by atoms with Crippen molar-refractivity contribution in [3.05, 3.63) is 83.1 Å². The third kappa shape index (κ3) is 5.03. The van der Waals surface area contributed by atoms with E-state index in [2.05, 4.69) is 100 Å². The van der Waals surface area contributed by atoms with Gasteiger partial charge in [0, 0.05) is 18.5 Å². The van der Waals surface area contributed by atoms with Crippen LogP contribution >= 0.6 is 0 Å². The minimum Gasteiger partial charge on any atom is -0.377 e. The summed E-state index contributed by atoms with van der Waals surface area (Å²) >= 11 is 0. The first-order chi connectivity index (χ1) is 12.8. The van der Waals surface area contributed by atoms with Gasteiger partial charge >= 0.3 is 0 Å². The van der Waals surface area contributed by atoms with Gasteiger partial charge < -0.3 is 4.90 Å². The first-order valence-electron chi connectivity index (χ1n) is 10.4. The first-order valence-corrected chi connectivity index (χ1v) is 10.4. The fourth-order valence-corrected chi connectivity index (χ4v) is 4.56. The average Bonchev–Trinajstić information content (AvgIpc) is 2.62. The van der Waals surface area contributed by atoms with Crippen molar-refractivity contribution in [2.75, 3.05) is 13.1 Å². The Balaban J connectivity index is 1.68. The van der Waals surface area contributed by atoms with E-state index < -0.39 is 0 Å². The van der Waals surface area contributed by atoms with Gasteiger partial charge in [-0.2, -0.15) is 0 Å². The summed E-state index contributed by atoms with van der Waals surface area (Å²) in [4.78, 5) is 2.53. The summed E-state index contributed by atoms with van der Waals surface area (Å²) in [6.07, 6.45) is 4.79. The van der Waals surface area contributed by atoms with Gasteiger partial charge in [0.05, 0.1) is 0 Å². The van der Waals surface area contributed by atoms with Crippen LogP contribution in [0.1, 0.15) is 57.7 Å². The Kier molecular flexibility index (Phi) is 6.09. The van der Waals surface area contributed by atoms with E-state index in [9.17, 15) is 0 Å². The van der Waals surface area contributed by atoms with Gasteiger partial charge in [-0.15, -0.1) is 0 Å². The zero-order chi connectivity index (χ0) is 19.4. The normalized spacial score (nSPS) is 21.4. The summed E-state index contributed by atoms with van der Waals surface area (Å²) in [5.74, 6) is 1.61. The van der Waals surface area contributed by atoms with Crippen LogP contribution < -0.4 is 0 Å². The molecule has 144 valence electrons. The molecule has 1 saturated heterocycles. The van der Waals surface area contributed by atoms with E-state index in [4.69, 9.17) is 0 Å². The molecule has 0 N–H and O–H groups in total. The van der Waals surface area contributed by atoms with E-state index in [1.165, 1.54) is 41.8 Å². The van der Waals surface area contributed by atoms with E-state index in [1.54, 1.807) is 0 Å². The number of likely N-dealkylation sites (tertiary alicyclic amines) is 1. The predicted molar refractivity (Wildman–Crippen MR) is 117 cm³/mol. The second-order valence-electron chi connectivity index (χ2n) is 9.24. The molecule has 2 atom stereocenters. The smallest absolute Gasteiger partial charge is 0.0198 e. The topological polar surface area (TPSA) is 3.24 Å². The third-order valence-corrected chi connectivity index (χ3v) is 5.95. The average molecular weight is 362 g/mol. The number of benzene rings is 2. The highest BCUT2D eigenvalue weighted by atomic mass is 15.1. The molecule has 1 aliphatic heterocycles. The van der Waals surface area contributed by atoms with Crippen molar-refractivity contribution in [2.24, 2.45) is 11.8 Å². The Morgan fingerprint density at radius 3 is 2.07 bits per heavy atom. The molecule has 1 nitrogen and oxygen atoms in total. The Morgan fingerprint density at radius 2 is 1.48 bits per heavy atom. The van der Waals surface area contributed by atoms with Gasteiger partial charge in [-0.1, -0.05) is 87.9 Å². The van der Waals surface area contributed by atoms with Crippen molar-refractivity contribution >= 4 is 0 Å². The lowest BCUT2D eigenvalue weighted by atomic mass is 9.78. The number of hydrogen-bond donors (Lipinski definition) is 0. The molecule has 0 amide bonds. The van der Waals surface area contributed by atoms with Gasteiger partial charge in [0.15, 0.2) is 0 Å². The number of nitrogens with zero attached hydrogens (tertiary/aromatic N) is 1. The number of piperidine rings is 1. The number of allylic oxidation sites excluding steroid dienone is 1. The Bertz CT molecular complexity index is 745. The first kappa shape index (κ1) is 19.7. The van der Waals surface area contributed by atoms with Crippen molar-refractivity contribution in [1.29, 1.82) is 0 Å². The molecule has 0 bridgehead atoms. The van der Waals surface area contributed by atoms with Crippen LogP contribution in [0.2, 0.25) is 0 Å². The molecule has 0 spiro atoms. The molecule has 0 aromatic heterocycles. The fraction of sp³-hybridized carbons (Fsp3) is 0.462. The van der Waals surface area contributed by atoms with Crippen LogP contribution in [0.5, 0.6) is 0 Å². The molecular weight excluding hydrogens is 326 g/mol. The molecule has 1 aliphatic rings. The van der Waals surface area contributed by atoms with Crippen molar-refractivity contribution in [1.82, 2.24) is 4.90 Å². The van der Waals surface area contributed by atoms with Crippen LogP contribution in [-0.2, 0) is 11.8 Å². The van der Waals surface area contributed by atoms with Crippen LogP contribution in [0, 0.1) is 11.8 Å². The minimum absolute atomic E-state index is 0.0325. The zero-order valence-electron chi connectivity index (χ0n) is 17.7. The summed E-state index contributed by atoms with van der Waals surface area (Å²) < 4.78 is 0. The molecule has 0 radical (unpaired) electrons. The van der Waals surface area contributed by atoms with Crippen molar-refractivity contribution < 1.29 is 0 Å². The van der Waals surface area contributed by atoms with Gasteiger partial charge in [-0.3, -0.25) is 0 Å². The van der Waals surface area contributed by atoms with E-state index in [0.717, 1.165) is 18.3 Å². The van der Waals surface area contributed by atoms with Crippen molar-refractivity contribution in [3.63, 3.8) is 0 Å². The summed E-state index contributed by atoms with van der Waals surface area (Å²) in [6.45, 7) is 14.0. The molecule has 0 saturated carbocycles. The minimum atomic E-state index is 0.0325. The summed E-state index contributed by atoms with van der Waals surface area (Å²) in [5.41, 5.74) is 5.62. The van der Waals surface area contributed by atoms with E-state index in [-0.39, 0.29) is 5.41 Å². The Labute approximate surface area is 166 Å². The maximum atomic E-state index is 2.53. The summed E-state index contributed by atoms with van der Waals surface area (Å²) in [7, 11) is 0. The van der Waals surface area contributed by atoms with Crippen LogP contribution in [-0.4, -0.2) is 18.0 Å². The molecule has 3 rings (SSSR count). The molecule has 2 unspecified atom stereocenters. The monoisotopic (exact) mass is 361 g/mol.